The number of allylic oxidation sites excluding steroid dienone is 1. The quantitative estimate of drug-likeness (QED) is 0.654. The average molecular weight is 402 g/mol. The second-order valence-corrected chi connectivity index (χ2v) is 7.57. The van der Waals surface area contributed by atoms with Gasteiger partial charge in [0.05, 0.1) is 5.92 Å². The van der Waals surface area contributed by atoms with Crippen LogP contribution >= 0.6 is 11.6 Å². The molecule has 28 heavy (non-hydrogen) atoms. The Morgan fingerprint density at radius 3 is 2.89 bits per heavy atom. The van der Waals surface area contributed by atoms with Crippen LogP contribution in [-0.4, -0.2) is 51.8 Å². The zero-order chi connectivity index (χ0) is 19.1. The van der Waals surface area contributed by atoms with Crippen LogP contribution < -0.4 is 16.1 Å². The largest absolute Gasteiger partial charge is 0.338 e. The first kappa shape index (κ1) is 17.6. The monoisotopic (exact) mass is 401 g/mol. The summed E-state index contributed by atoms with van der Waals surface area (Å²) in [4.78, 5) is 21.1. The summed E-state index contributed by atoms with van der Waals surface area (Å²) >= 11 is 5.95. The lowest BCUT2D eigenvalue weighted by molar-refractivity contribution is -0.119. The Bertz CT molecular complexity index is 924. The number of aromatic nitrogens is 3. The van der Waals surface area contributed by atoms with Crippen LogP contribution in [0, 0.1) is 5.92 Å². The second-order valence-electron chi connectivity index (χ2n) is 7.19. The number of halogens is 1. The number of hydrazine groups is 1. The molecule has 3 aliphatic rings. The first-order chi connectivity index (χ1) is 13.7. The van der Waals surface area contributed by atoms with Gasteiger partial charge in [0.25, 0.3) is 0 Å². The number of nitrogens with zero attached hydrogens (tertiary/aromatic N) is 4. The number of carbonyl (C=O) groups excluding carboxylic acids is 1. The number of carbonyl (C=O) groups is 1. The smallest absolute Gasteiger partial charge is 0.247 e. The van der Waals surface area contributed by atoms with Crippen molar-refractivity contribution < 1.29 is 9.32 Å². The number of fused-ring (bicyclic) bond motifs is 1. The van der Waals surface area contributed by atoms with Crippen molar-refractivity contribution in [2.45, 2.75) is 24.9 Å². The van der Waals surface area contributed by atoms with Gasteiger partial charge in [-0.05, 0) is 38.1 Å². The SMILES string of the molecule is O=C1C=C(C2CCNCC2)N2NCC(c3nc(-c4cccc(Cl)n4)no3)C2N1. The van der Waals surface area contributed by atoms with E-state index < -0.39 is 0 Å². The minimum atomic E-state index is -0.261. The van der Waals surface area contributed by atoms with Crippen molar-refractivity contribution >= 4 is 17.5 Å². The first-order valence-corrected chi connectivity index (χ1v) is 9.79. The van der Waals surface area contributed by atoms with E-state index in [2.05, 4.69) is 36.2 Å². The molecule has 0 radical (unpaired) electrons. The van der Waals surface area contributed by atoms with E-state index in [9.17, 15) is 4.79 Å². The van der Waals surface area contributed by atoms with Gasteiger partial charge in [0.2, 0.25) is 17.6 Å². The molecule has 1 amide bonds. The molecule has 2 aromatic heterocycles. The van der Waals surface area contributed by atoms with Crippen LogP contribution in [0.2, 0.25) is 5.15 Å². The third-order valence-electron chi connectivity index (χ3n) is 5.45. The molecule has 3 N–H and O–H groups in total. The van der Waals surface area contributed by atoms with Gasteiger partial charge >= 0.3 is 0 Å². The van der Waals surface area contributed by atoms with E-state index in [0.717, 1.165) is 31.6 Å². The lowest BCUT2D eigenvalue weighted by Crippen LogP contribution is -2.53. The molecular formula is C18H20ClN7O2. The highest BCUT2D eigenvalue weighted by Crippen LogP contribution is 2.34. The van der Waals surface area contributed by atoms with E-state index in [0.29, 0.717) is 35.0 Å². The summed E-state index contributed by atoms with van der Waals surface area (Å²) in [7, 11) is 0. The summed E-state index contributed by atoms with van der Waals surface area (Å²) in [5.74, 6) is 0.959. The molecule has 0 aromatic carbocycles. The number of nitrogens with one attached hydrogen (secondary N) is 3. The van der Waals surface area contributed by atoms with Crippen LogP contribution in [0.1, 0.15) is 24.7 Å². The van der Waals surface area contributed by atoms with Gasteiger partial charge in [0.15, 0.2) is 0 Å². The fourth-order valence-corrected chi connectivity index (χ4v) is 4.24. The lowest BCUT2D eigenvalue weighted by atomic mass is 9.92. The number of pyridine rings is 1. The van der Waals surface area contributed by atoms with Gasteiger partial charge in [-0.2, -0.15) is 4.98 Å². The first-order valence-electron chi connectivity index (χ1n) is 9.41. The number of amides is 1. The Morgan fingerprint density at radius 1 is 1.21 bits per heavy atom. The minimum absolute atomic E-state index is 0.0836. The van der Waals surface area contributed by atoms with Crippen LogP contribution in [0.3, 0.4) is 0 Å². The van der Waals surface area contributed by atoms with Gasteiger partial charge in [-0.3, -0.25) is 9.80 Å². The van der Waals surface area contributed by atoms with Crippen molar-refractivity contribution in [1.82, 2.24) is 36.2 Å². The Balaban J connectivity index is 1.40. The summed E-state index contributed by atoms with van der Waals surface area (Å²) in [6, 6.07) is 5.26. The second kappa shape index (κ2) is 7.16. The highest BCUT2D eigenvalue weighted by molar-refractivity contribution is 6.29. The van der Waals surface area contributed by atoms with Crippen molar-refractivity contribution in [2.24, 2.45) is 5.92 Å². The maximum absolute atomic E-state index is 12.4. The van der Waals surface area contributed by atoms with E-state index in [-0.39, 0.29) is 18.0 Å². The Kier molecular flexibility index (Phi) is 4.50. The van der Waals surface area contributed by atoms with Gasteiger partial charge in [0, 0.05) is 24.2 Å². The number of rotatable bonds is 3. The van der Waals surface area contributed by atoms with Crippen molar-refractivity contribution in [3.63, 3.8) is 0 Å². The van der Waals surface area contributed by atoms with Crippen LogP contribution in [0.25, 0.3) is 11.5 Å². The predicted molar refractivity (Wildman–Crippen MR) is 101 cm³/mol. The molecule has 2 saturated heterocycles. The predicted octanol–water partition coefficient (Wildman–Crippen LogP) is 1.03. The number of hydrogen-bond donors (Lipinski definition) is 3. The molecule has 2 unspecified atom stereocenters. The molecule has 0 spiro atoms. The van der Waals surface area contributed by atoms with Gasteiger partial charge in [-0.1, -0.05) is 22.8 Å². The van der Waals surface area contributed by atoms with Gasteiger partial charge in [0.1, 0.15) is 17.0 Å². The van der Waals surface area contributed by atoms with Gasteiger partial charge < -0.3 is 15.2 Å². The Labute approximate surface area is 166 Å². The molecule has 9 nitrogen and oxygen atoms in total. The molecule has 2 atom stereocenters. The average Bonchev–Trinajstić information content (AvgIpc) is 3.35. The molecule has 2 fully saturated rings. The molecular weight excluding hydrogens is 382 g/mol. The molecule has 5 rings (SSSR count). The van der Waals surface area contributed by atoms with E-state index in [1.54, 1.807) is 24.3 Å². The lowest BCUT2D eigenvalue weighted by Gasteiger charge is -2.38. The van der Waals surface area contributed by atoms with E-state index in [4.69, 9.17) is 16.1 Å². The topological polar surface area (TPSA) is 108 Å². The molecule has 3 aliphatic heterocycles. The van der Waals surface area contributed by atoms with Crippen LogP contribution in [0.4, 0.5) is 0 Å². The summed E-state index contributed by atoms with van der Waals surface area (Å²) < 4.78 is 5.52. The standard InChI is InChI=1S/C18H20ClN7O2/c19-14-3-1-2-12(22-14)16-24-18(28-25-16)11-9-21-26-13(8-15(27)23-17(11)26)10-4-6-20-7-5-10/h1-3,8,10-11,17,20-21H,4-7,9H2,(H,23,27). The van der Waals surface area contributed by atoms with Crippen LogP contribution in [0.5, 0.6) is 0 Å². The molecule has 5 heterocycles. The third-order valence-corrected chi connectivity index (χ3v) is 5.66. The number of hydrogen-bond acceptors (Lipinski definition) is 8. The molecule has 2 aromatic rings. The van der Waals surface area contributed by atoms with Crippen molar-refractivity contribution in [2.75, 3.05) is 19.6 Å². The van der Waals surface area contributed by atoms with Gasteiger partial charge in [-0.25, -0.2) is 10.4 Å². The zero-order valence-electron chi connectivity index (χ0n) is 15.1. The molecule has 0 bridgehead atoms. The van der Waals surface area contributed by atoms with Crippen LogP contribution in [0.15, 0.2) is 34.5 Å². The van der Waals surface area contributed by atoms with E-state index in [1.807, 2.05) is 0 Å². The van der Waals surface area contributed by atoms with Crippen molar-refractivity contribution in [3.05, 3.63) is 41.0 Å². The fourth-order valence-electron chi connectivity index (χ4n) is 4.07. The Hall–Kier alpha value is -2.49. The summed E-state index contributed by atoms with van der Waals surface area (Å²) in [6.45, 7) is 2.52. The van der Waals surface area contributed by atoms with Crippen LogP contribution in [-0.2, 0) is 4.79 Å². The van der Waals surface area contributed by atoms with Gasteiger partial charge in [-0.15, -0.1) is 0 Å². The maximum atomic E-state index is 12.4. The van der Waals surface area contributed by atoms with E-state index >= 15 is 0 Å². The maximum Gasteiger partial charge on any atom is 0.247 e. The van der Waals surface area contributed by atoms with E-state index in [1.165, 1.54) is 0 Å². The van der Waals surface area contributed by atoms with Crippen molar-refractivity contribution in [1.29, 1.82) is 0 Å². The molecule has 10 heteroatoms. The minimum Gasteiger partial charge on any atom is -0.338 e. The Morgan fingerprint density at radius 2 is 2.07 bits per heavy atom. The molecule has 0 saturated carbocycles. The fraction of sp³-hybridized carbons (Fsp3) is 0.444. The highest BCUT2D eigenvalue weighted by Gasteiger charge is 2.44. The van der Waals surface area contributed by atoms with Crippen molar-refractivity contribution in [3.8, 4) is 11.5 Å². The third kappa shape index (κ3) is 3.15. The number of piperidine rings is 1. The highest BCUT2D eigenvalue weighted by atomic mass is 35.5. The molecule has 0 aliphatic carbocycles. The normalized spacial score (nSPS) is 25.4. The summed E-state index contributed by atoms with van der Waals surface area (Å²) in [5.41, 5.74) is 4.98. The summed E-state index contributed by atoms with van der Waals surface area (Å²) in [6.07, 6.45) is 3.47. The summed E-state index contributed by atoms with van der Waals surface area (Å²) in [5, 5.41) is 12.9. The zero-order valence-corrected chi connectivity index (χ0v) is 15.8. The molecule has 146 valence electrons.